The summed E-state index contributed by atoms with van der Waals surface area (Å²) in [4.78, 5) is 10.7. The highest BCUT2D eigenvalue weighted by molar-refractivity contribution is 7.86. The molecule has 0 saturated carbocycles. The number of hydrogen-bond donors (Lipinski definition) is 1. The van der Waals surface area contributed by atoms with Gasteiger partial charge in [0.25, 0.3) is 10.1 Å². The first-order valence-corrected chi connectivity index (χ1v) is 5.45. The Balaban J connectivity index is 0. The van der Waals surface area contributed by atoms with Crippen molar-refractivity contribution in [1.29, 1.82) is 0 Å². The molecule has 0 radical (unpaired) electrons. The molecule has 0 spiro atoms. The van der Waals surface area contributed by atoms with Crippen LogP contribution >= 0.6 is 0 Å². The maximum Gasteiger partial charge on any atom is 0.305 e. The van der Waals surface area contributed by atoms with Crippen molar-refractivity contribution >= 4 is 16.1 Å². The third-order valence-corrected chi connectivity index (χ3v) is 3.19. The average molecular weight is 228 g/mol. The van der Waals surface area contributed by atoms with Gasteiger partial charge in [0.05, 0.1) is 12.4 Å². The summed E-state index contributed by atoms with van der Waals surface area (Å²) in [6.07, 6.45) is 0.395. The van der Waals surface area contributed by atoms with Gasteiger partial charge in [-0.1, -0.05) is 6.92 Å². The third-order valence-electron chi connectivity index (χ3n) is 1.77. The van der Waals surface area contributed by atoms with Crippen molar-refractivity contribution in [3.8, 4) is 0 Å². The maximum atomic E-state index is 10.7. The second-order valence-corrected chi connectivity index (χ2v) is 4.36. The molecule has 0 aliphatic carbocycles. The zero-order chi connectivity index (χ0) is 10.5. The van der Waals surface area contributed by atoms with Gasteiger partial charge in [0.15, 0.2) is 0 Å². The quantitative estimate of drug-likeness (QED) is 0.516. The van der Waals surface area contributed by atoms with Crippen LogP contribution in [0.4, 0.5) is 0 Å². The molecule has 14 heavy (non-hydrogen) atoms. The summed E-state index contributed by atoms with van der Waals surface area (Å²) in [6, 6.07) is 0. The Morgan fingerprint density at radius 2 is 2.00 bits per heavy atom. The number of ether oxygens (including phenoxy) is 1. The van der Waals surface area contributed by atoms with E-state index in [9.17, 15) is 13.2 Å². The molecule has 0 aromatic carbocycles. The van der Waals surface area contributed by atoms with Crippen molar-refractivity contribution in [3.63, 3.8) is 0 Å². The average Bonchev–Trinajstić information content (AvgIpc) is 2.02. The molecule has 0 fully saturated rings. The SMILES string of the molecule is CCC(CCC(=O)OC)S(=O)(=O)O.O. The highest BCUT2D eigenvalue weighted by atomic mass is 32.2. The fourth-order valence-corrected chi connectivity index (χ4v) is 1.78. The van der Waals surface area contributed by atoms with Gasteiger partial charge in [0, 0.05) is 6.42 Å². The van der Waals surface area contributed by atoms with E-state index in [2.05, 4.69) is 4.74 Å². The molecule has 0 amide bonds. The Labute approximate surface area is 83.3 Å². The van der Waals surface area contributed by atoms with E-state index in [1.54, 1.807) is 6.92 Å². The number of carbonyl (C=O) groups is 1. The van der Waals surface area contributed by atoms with Gasteiger partial charge in [0.2, 0.25) is 0 Å². The molecular weight excluding hydrogens is 212 g/mol. The van der Waals surface area contributed by atoms with Gasteiger partial charge >= 0.3 is 5.97 Å². The molecule has 0 aromatic rings. The van der Waals surface area contributed by atoms with E-state index in [1.807, 2.05) is 0 Å². The molecule has 0 aliphatic heterocycles. The minimum Gasteiger partial charge on any atom is -0.469 e. The van der Waals surface area contributed by atoms with Crippen molar-refractivity contribution < 1.29 is 28.0 Å². The molecular formula is C7H16O6S. The molecule has 1 atom stereocenters. The summed E-state index contributed by atoms with van der Waals surface area (Å²) < 4.78 is 34.4. The number of hydrogen-bond acceptors (Lipinski definition) is 4. The van der Waals surface area contributed by atoms with Gasteiger partial charge in [-0.05, 0) is 12.8 Å². The van der Waals surface area contributed by atoms with Gasteiger partial charge in [0.1, 0.15) is 0 Å². The van der Waals surface area contributed by atoms with Crippen LogP contribution in [0.5, 0.6) is 0 Å². The Morgan fingerprint density at radius 3 is 2.29 bits per heavy atom. The van der Waals surface area contributed by atoms with Crippen molar-refractivity contribution in [1.82, 2.24) is 0 Å². The van der Waals surface area contributed by atoms with E-state index in [0.717, 1.165) is 0 Å². The summed E-state index contributed by atoms with van der Waals surface area (Å²) >= 11 is 0. The largest absolute Gasteiger partial charge is 0.469 e. The van der Waals surface area contributed by atoms with Crippen LogP contribution in [0.2, 0.25) is 0 Å². The zero-order valence-corrected chi connectivity index (χ0v) is 9.00. The standard InChI is InChI=1S/C7H14O5S.H2O/c1-3-6(13(9,10)11)4-5-7(8)12-2;/h6H,3-5H2,1-2H3,(H,9,10,11);1H2. The van der Waals surface area contributed by atoms with Crippen LogP contribution in [0.3, 0.4) is 0 Å². The Kier molecular flexibility index (Phi) is 7.61. The van der Waals surface area contributed by atoms with Gasteiger partial charge in [-0.25, -0.2) is 0 Å². The summed E-state index contributed by atoms with van der Waals surface area (Å²) in [6.45, 7) is 1.63. The van der Waals surface area contributed by atoms with E-state index >= 15 is 0 Å². The first-order chi connectivity index (χ1) is 5.91. The van der Waals surface area contributed by atoms with Crippen LogP contribution in [0.1, 0.15) is 26.2 Å². The summed E-state index contributed by atoms with van der Waals surface area (Å²) in [5.41, 5.74) is 0. The monoisotopic (exact) mass is 228 g/mol. The first kappa shape index (κ1) is 15.8. The van der Waals surface area contributed by atoms with Crippen molar-refractivity contribution in [2.75, 3.05) is 7.11 Å². The lowest BCUT2D eigenvalue weighted by Crippen LogP contribution is -2.20. The molecule has 0 aromatic heterocycles. The van der Waals surface area contributed by atoms with Crippen LogP contribution in [0.15, 0.2) is 0 Å². The number of rotatable bonds is 5. The fraction of sp³-hybridized carbons (Fsp3) is 0.857. The van der Waals surface area contributed by atoms with Crippen molar-refractivity contribution in [2.45, 2.75) is 31.4 Å². The number of esters is 1. The smallest absolute Gasteiger partial charge is 0.305 e. The molecule has 0 rings (SSSR count). The molecule has 0 aliphatic rings. The maximum absolute atomic E-state index is 10.7. The number of methoxy groups -OCH3 is 1. The first-order valence-electron chi connectivity index (χ1n) is 3.95. The van der Waals surface area contributed by atoms with Crippen molar-refractivity contribution in [3.05, 3.63) is 0 Å². The normalized spacial score (nSPS) is 12.8. The molecule has 7 heteroatoms. The van der Waals surface area contributed by atoms with E-state index in [-0.39, 0.29) is 24.7 Å². The van der Waals surface area contributed by atoms with Gasteiger partial charge in [-0.15, -0.1) is 0 Å². The summed E-state index contributed by atoms with van der Waals surface area (Å²) in [5.74, 6) is -0.470. The van der Waals surface area contributed by atoms with Gasteiger partial charge in [-0.3, -0.25) is 9.35 Å². The molecule has 6 nitrogen and oxygen atoms in total. The van der Waals surface area contributed by atoms with Gasteiger partial charge < -0.3 is 10.2 Å². The summed E-state index contributed by atoms with van der Waals surface area (Å²) in [7, 11) is -2.79. The van der Waals surface area contributed by atoms with Gasteiger partial charge in [-0.2, -0.15) is 8.42 Å². The minimum absolute atomic E-state index is 0. The minimum atomic E-state index is -4.03. The van der Waals surface area contributed by atoms with Crippen LogP contribution < -0.4 is 0 Å². The van der Waals surface area contributed by atoms with Crippen molar-refractivity contribution in [2.24, 2.45) is 0 Å². The third kappa shape index (κ3) is 5.90. The van der Waals surface area contributed by atoms with E-state index in [0.29, 0.717) is 0 Å². The van der Waals surface area contributed by atoms with E-state index in [1.165, 1.54) is 7.11 Å². The highest BCUT2D eigenvalue weighted by Crippen LogP contribution is 2.11. The Hall–Kier alpha value is -0.660. The second kappa shape index (κ2) is 6.74. The van der Waals surface area contributed by atoms with Crippen LogP contribution in [0.25, 0.3) is 0 Å². The lowest BCUT2D eigenvalue weighted by atomic mass is 10.2. The molecule has 0 bridgehead atoms. The predicted octanol–water partition coefficient (Wildman–Crippen LogP) is -0.219. The van der Waals surface area contributed by atoms with E-state index in [4.69, 9.17) is 4.55 Å². The fourth-order valence-electron chi connectivity index (χ4n) is 0.945. The topological polar surface area (TPSA) is 112 Å². The van der Waals surface area contributed by atoms with Crippen LogP contribution in [-0.4, -0.2) is 36.8 Å². The Morgan fingerprint density at radius 1 is 1.50 bits per heavy atom. The molecule has 0 heterocycles. The molecule has 86 valence electrons. The predicted molar refractivity (Wildman–Crippen MR) is 50.5 cm³/mol. The summed E-state index contributed by atoms with van der Waals surface area (Å²) in [5, 5.41) is -0.869. The van der Waals surface area contributed by atoms with Crippen LogP contribution in [-0.2, 0) is 19.6 Å². The lowest BCUT2D eigenvalue weighted by Gasteiger charge is -2.09. The lowest BCUT2D eigenvalue weighted by molar-refractivity contribution is -0.140. The zero-order valence-electron chi connectivity index (χ0n) is 8.19. The van der Waals surface area contributed by atoms with E-state index < -0.39 is 21.3 Å². The Bertz CT molecular complexity index is 257. The molecule has 3 N–H and O–H groups in total. The second-order valence-electron chi connectivity index (χ2n) is 2.66. The highest BCUT2D eigenvalue weighted by Gasteiger charge is 2.21. The molecule has 0 saturated heterocycles. The number of carbonyl (C=O) groups excluding carboxylic acids is 1. The molecule has 1 unspecified atom stereocenters. The van der Waals surface area contributed by atoms with Crippen LogP contribution in [0, 0.1) is 0 Å².